The maximum Gasteiger partial charge on any atom is 0.408 e. The lowest BCUT2D eigenvalue weighted by molar-refractivity contribution is 0.0508. The largest absolute Gasteiger partial charge is 0.444 e. The summed E-state index contributed by atoms with van der Waals surface area (Å²) >= 11 is 0. The van der Waals surface area contributed by atoms with Crippen molar-refractivity contribution in [2.45, 2.75) is 51.2 Å². The molecule has 0 saturated carbocycles. The van der Waals surface area contributed by atoms with E-state index < -0.39 is 21.7 Å². The number of rotatable bonds is 5. The van der Waals surface area contributed by atoms with E-state index in [2.05, 4.69) is 10.0 Å². The van der Waals surface area contributed by atoms with Crippen LogP contribution >= 0.6 is 0 Å². The van der Waals surface area contributed by atoms with Crippen molar-refractivity contribution >= 4 is 21.8 Å². The number of ether oxygens (including phenoxy) is 1. The van der Waals surface area contributed by atoms with Crippen molar-refractivity contribution in [3.8, 4) is 0 Å². The van der Waals surface area contributed by atoms with Crippen LogP contribution in [-0.4, -0.2) is 20.1 Å². The first-order valence-corrected chi connectivity index (χ1v) is 10.1. The zero-order valence-electron chi connectivity index (χ0n) is 16.2. The van der Waals surface area contributed by atoms with E-state index in [1.54, 1.807) is 70.2 Å². The minimum atomic E-state index is -3.68. The lowest BCUT2D eigenvalue weighted by Gasteiger charge is -2.22. The predicted molar refractivity (Wildman–Crippen MR) is 106 cm³/mol. The molecule has 0 radical (unpaired) electrons. The standard InChI is InChI=1S/C20H26N2O4S/c1-14-9-11-18(12-10-14)27(24,25)22-17-8-6-7-16(13-17)15(2)21-19(23)26-20(3,4)5/h6-13,15,22H,1-5H3,(H,21,23). The Kier molecular flexibility index (Phi) is 6.15. The van der Waals surface area contributed by atoms with E-state index in [0.717, 1.165) is 11.1 Å². The molecule has 0 saturated heterocycles. The third kappa shape index (κ3) is 6.29. The van der Waals surface area contributed by atoms with Crippen LogP contribution in [0.4, 0.5) is 10.5 Å². The number of amides is 1. The molecule has 2 aromatic rings. The van der Waals surface area contributed by atoms with Crippen molar-refractivity contribution in [3.63, 3.8) is 0 Å². The van der Waals surface area contributed by atoms with Gasteiger partial charge in [0.25, 0.3) is 10.0 Å². The monoisotopic (exact) mass is 390 g/mol. The Labute approximate surface area is 161 Å². The predicted octanol–water partition coefficient (Wildman–Crippen LogP) is 4.38. The van der Waals surface area contributed by atoms with Crippen LogP contribution in [0.2, 0.25) is 0 Å². The molecule has 146 valence electrons. The number of carbonyl (C=O) groups excluding carboxylic acids is 1. The van der Waals surface area contributed by atoms with Gasteiger partial charge in [-0.25, -0.2) is 13.2 Å². The van der Waals surface area contributed by atoms with Crippen molar-refractivity contribution in [2.24, 2.45) is 0 Å². The summed E-state index contributed by atoms with van der Waals surface area (Å²) in [7, 11) is -3.68. The van der Waals surface area contributed by atoms with Crippen LogP contribution in [0.25, 0.3) is 0 Å². The van der Waals surface area contributed by atoms with Crippen LogP contribution in [0.3, 0.4) is 0 Å². The van der Waals surface area contributed by atoms with E-state index >= 15 is 0 Å². The Hall–Kier alpha value is -2.54. The molecule has 1 unspecified atom stereocenters. The molecule has 0 aliphatic rings. The number of alkyl carbamates (subject to hydrolysis) is 1. The zero-order valence-corrected chi connectivity index (χ0v) is 17.1. The summed E-state index contributed by atoms with van der Waals surface area (Å²) in [6.07, 6.45) is -0.527. The highest BCUT2D eigenvalue weighted by Gasteiger charge is 2.19. The van der Waals surface area contributed by atoms with Gasteiger partial charge in [-0.2, -0.15) is 0 Å². The number of hydrogen-bond donors (Lipinski definition) is 2. The molecule has 7 heteroatoms. The molecule has 0 aliphatic carbocycles. The Morgan fingerprint density at radius 2 is 1.70 bits per heavy atom. The lowest BCUT2D eigenvalue weighted by Crippen LogP contribution is -2.34. The molecule has 2 N–H and O–H groups in total. The number of hydrogen-bond acceptors (Lipinski definition) is 4. The molecule has 1 atom stereocenters. The average Bonchev–Trinajstić information content (AvgIpc) is 2.53. The van der Waals surface area contributed by atoms with Gasteiger partial charge in [0, 0.05) is 5.69 Å². The first kappa shape index (κ1) is 20.8. The molecule has 0 fully saturated rings. The van der Waals surface area contributed by atoms with E-state index in [-0.39, 0.29) is 10.9 Å². The maximum absolute atomic E-state index is 12.5. The third-order valence-electron chi connectivity index (χ3n) is 3.70. The van der Waals surface area contributed by atoms with Gasteiger partial charge in [0.2, 0.25) is 0 Å². The highest BCUT2D eigenvalue weighted by Crippen LogP contribution is 2.21. The average molecular weight is 391 g/mol. The smallest absolute Gasteiger partial charge is 0.408 e. The topological polar surface area (TPSA) is 84.5 Å². The van der Waals surface area contributed by atoms with Crippen molar-refractivity contribution in [2.75, 3.05) is 4.72 Å². The van der Waals surface area contributed by atoms with E-state index in [0.29, 0.717) is 5.69 Å². The van der Waals surface area contributed by atoms with Crippen LogP contribution in [0.1, 0.15) is 44.9 Å². The molecule has 1 amide bonds. The number of carbonyl (C=O) groups is 1. The molecular formula is C20H26N2O4S. The van der Waals surface area contributed by atoms with Gasteiger partial charge in [0.05, 0.1) is 10.9 Å². The Balaban J connectivity index is 2.12. The fourth-order valence-electron chi connectivity index (χ4n) is 2.37. The summed E-state index contributed by atoms with van der Waals surface area (Å²) in [6, 6.07) is 13.2. The Morgan fingerprint density at radius 1 is 1.07 bits per heavy atom. The van der Waals surface area contributed by atoms with Gasteiger partial charge in [0.1, 0.15) is 5.60 Å². The lowest BCUT2D eigenvalue weighted by atomic mass is 10.1. The number of aryl methyl sites for hydroxylation is 1. The minimum Gasteiger partial charge on any atom is -0.444 e. The second-order valence-corrected chi connectivity index (χ2v) is 9.09. The molecule has 0 heterocycles. The highest BCUT2D eigenvalue weighted by atomic mass is 32.2. The molecule has 2 aromatic carbocycles. The van der Waals surface area contributed by atoms with E-state index in [1.165, 1.54) is 0 Å². The molecule has 0 spiro atoms. The van der Waals surface area contributed by atoms with E-state index in [9.17, 15) is 13.2 Å². The Morgan fingerprint density at radius 3 is 2.30 bits per heavy atom. The van der Waals surface area contributed by atoms with Gasteiger partial charge in [-0.3, -0.25) is 4.72 Å². The van der Waals surface area contributed by atoms with Crippen LogP contribution in [0, 0.1) is 6.92 Å². The maximum atomic E-state index is 12.5. The summed E-state index contributed by atoms with van der Waals surface area (Å²) in [5.41, 5.74) is 1.57. The van der Waals surface area contributed by atoms with Crippen LogP contribution in [0.5, 0.6) is 0 Å². The SMILES string of the molecule is Cc1ccc(S(=O)(=O)Nc2cccc(C(C)NC(=O)OC(C)(C)C)c2)cc1. The van der Waals surface area contributed by atoms with Gasteiger partial charge in [-0.15, -0.1) is 0 Å². The van der Waals surface area contributed by atoms with Crippen molar-refractivity contribution in [3.05, 3.63) is 59.7 Å². The summed E-state index contributed by atoms with van der Waals surface area (Å²) < 4.78 is 32.9. The third-order valence-corrected chi connectivity index (χ3v) is 5.10. The molecule has 27 heavy (non-hydrogen) atoms. The van der Waals surface area contributed by atoms with Gasteiger partial charge in [0.15, 0.2) is 0 Å². The first-order valence-electron chi connectivity index (χ1n) is 8.65. The summed E-state index contributed by atoms with van der Waals surface area (Å²) in [6.45, 7) is 9.07. The van der Waals surface area contributed by atoms with Gasteiger partial charge >= 0.3 is 6.09 Å². The molecule has 0 aliphatic heterocycles. The number of benzene rings is 2. The second-order valence-electron chi connectivity index (χ2n) is 7.41. The molecule has 0 aromatic heterocycles. The zero-order chi connectivity index (χ0) is 20.2. The van der Waals surface area contributed by atoms with Crippen molar-refractivity contribution in [1.82, 2.24) is 5.32 Å². The number of anilines is 1. The van der Waals surface area contributed by atoms with Gasteiger partial charge in [-0.1, -0.05) is 29.8 Å². The fourth-order valence-corrected chi connectivity index (χ4v) is 3.42. The highest BCUT2D eigenvalue weighted by molar-refractivity contribution is 7.92. The van der Waals surface area contributed by atoms with E-state index in [4.69, 9.17) is 4.74 Å². The minimum absolute atomic E-state index is 0.193. The van der Waals surface area contributed by atoms with Crippen molar-refractivity contribution < 1.29 is 17.9 Å². The normalized spacial score (nSPS) is 12.9. The number of nitrogens with one attached hydrogen (secondary N) is 2. The van der Waals surface area contributed by atoms with Crippen LogP contribution in [0.15, 0.2) is 53.4 Å². The fraction of sp³-hybridized carbons (Fsp3) is 0.350. The summed E-state index contributed by atoms with van der Waals surface area (Å²) in [5.74, 6) is 0. The number of sulfonamides is 1. The molecule has 6 nitrogen and oxygen atoms in total. The summed E-state index contributed by atoms with van der Waals surface area (Å²) in [5, 5.41) is 2.74. The molecule has 2 rings (SSSR count). The molecule has 0 bridgehead atoms. The van der Waals surface area contributed by atoms with Crippen LogP contribution in [-0.2, 0) is 14.8 Å². The first-order chi connectivity index (χ1) is 12.5. The molecular weight excluding hydrogens is 364 g/mol. The Bertz CT molecular complexity index is 900. The van der Waals surface area contributed by atoms with Gasteiger partial charge in [-0.05, 0) is 64.4 Å². The second kappa shape index (κ2) is 8.00. The van der Waals surface area contributed by atoms with E-state index in [1.807, 2.05) is 13.0 Å². The quantitative estimate of drug-likeness (QED) is 0.793. The van der Waals surface area contributed by atoms with Crippen LogP contribution < -0.4 is 10.0 Å². The summed E-state index contributed by atoms with van der Waals surface area (Å²) in [4.78, 5) is 12.1. The van der Waals surface area contributed by atoms with Gasteiger partial charge < -0.3 is 10.1 Å². The van der Waals surface area contributed by atoms with Crippen molar-refractivity contribution in [1.29, 1.82) is 0 Å².